The van der Waals surface area contributed by atoms with Crippen LogP contribution in [0.5, 0.6) is 0 Å². The van der Waals surface area contributed by atoms with Crippen molar-refractivity contribution in [1.29, 1.82) is 0 Å². The molecule has 0 aliphatic rings. The molecule has 0 saturated carbocycles. The van der Waals surface area contributed by atoms with E-state index in [-0.39, 0.29) is 0 Å². The first-order valence-corrected chi connectivity index (χ1v) is 5.08. The summed E-state index contributed by atoms with van der Waals surface area (Å²) in [6.07, 6.45) is 3.14. The summed E-state index contributed by atoms with van der Waals surface area (Å²) in [5.74, 6) is 0. The third kappa shape index (κ3) is 1.22. The highest BCUT2D eigenvalue weighted by Crippen LogP contribution is 2.16. The highest BCUT2D eigenvalue weighted by atomic mass is 15.0. The monoisotopic (exact) mass is 188 g/mol. The molecule has 0 spiro atoms. The molecule has 0 aliphatic heterocycles. The van der Waals surface area contributed by atoms with E-state index in [1.807, 2.05) is 0 Å². The molecule has 0 amide bonds. The van der Waals surface area contributed by atoms with Crippen molar-refractivity contribution in [2.75, 3.05) is 0 Å². The van der Waals surface area contributed by atoms with E-state index in [1.54, 1.807) is 0 Å². The molecule has 0 aliphatic carbocycles. The lowest BCUT2D eigenvalue weighted by molar-refractivity contribution is 1.03. The molecule has 0 saturated heterocycles. The number of imidazole rings is 1. The second-order valence-electron chi connectivity index (χ2n) is 3.85. The number of pyridine rings is 1. The minimum atomic E-state index is 0.999. The van der Waals surface area contributed by atoms with Gasteiger partial charge in [0.2, 0.25) is 0 Å². The number of hydrogen-bond donors (Lipinski definition) is 0. The standard InChI is InChI=1S/C12H16N2/c1-5-11-7-14-10(4)9(3)8(2)6-12(14)13-11/h6-7H,5H2,1-4H3. The second kappa shape index (κ2) is 3.12. The fourth-order valence-electron chi connectivity index (χ4n) is 1.75. The molecule has 2 heterocycles. The van der Waals surface area contributed by atoms with Crippen molar-refractivity contribution in [2.24, 2.45) is 0 Å². The first-order valence-electron chi connectivity index (χ1n) is 5.08. The zero-order chi connectivity index (χ0) is 10.3. The van der Waals surface area contributed by atoms with Crippen molar-refractivity contribution in [1.82, 2.24) is 9.38 Å². The van der Waals surface area contributed by atoms with Crippen LogP contribution < -0.4 is 0 Å². The smallest absolute Gasteiger partial charge is 0.137 e. The summed E-state index contributed by atoms with van der Waals surface area (Å²) >= 11 is 0. The molecule has 0 N–H and O–H groups in total. The summed E-state index contributed by atoms with van der Waals surface area (Å²) in [6, 6.07) is 2.15. The Balaban J connectivity index is 2.81. The Morgan fingerprint density at radius 2 is 2.00 bits per heavy atom. The van der Waals surface area contributed by atoms with Gasteiger partial charge in [-0.1, -0.05) is 6.92 Å². The number of aryl methyl sites for hydroxylation is 3. The Morgan fingerprint density at radius 1 is 1.29 bits per heavy atom. The molecule has 74 valence electrons. The molecule has 2 heteroatoms. The largest absolute Gasteiger partial charge is 0.304 e. The van der Waals surface area contributed by atoms with Gasteiger partial charge < -0.3 is 4.40 Å². The maximum atomic E-state index is 4.56. The van der Waals surface area contributed by atoms with E-state index in [9.17, 15) is 0 Å². The highest BCUT2D eigenvalue weighted by Gasteiger charge is 2.06. The zero-order valence-electron chi connectivity index (χ0n) is 9.26. The summed E-state index contributed by atoms with van der Waals surface area (Å²) < 4.78 is 2.18. The maximum absolute atomic E-state index is 4.56. The van der Waals surface area contributed by atoms with Crippen LogP contribution in [0, 0.1) is 20.8 Å². The van der Waals surface area contributed by atoms with Crippen molar-refractivity contribution in [3.05, 3.63) is 34.8 Å². The Kier molecular flexibility index (Phi) is 2.06. The average molecular weight is 188 g/mol. The van der Waals surface area contributed by atoms with Crippen molar-refractivity contribution >= 4 is 5.65 Å². The van der Waals surface area contributed by atoms with E-state index in [0.29, 0.717) is 0 Å². The number of rotatable bonds is 1. The van der Waals surface area contributed by atoms with Crippen LogP contribution >= 0.6 is 0 Å². The summed E-state index contributed by atoms with van der Waals surface area (Å²) in [4.78, 5) is 4.56. The van der Waals surface area contributed by atoms with Crippen LogP contribution in [0.25, 0.3) is 5.65 Å². The lowest BCUT2D eigenvalue weighted by Gasteiger charge is -2.06. The predicted octanol–water partition coefficient (Wildman–Crippen LogP) is 2.82. The van der Waals surface area contributed by atoms with E-state index in [0.717, 1.165) is 17.8 Å². The van der Waals surface area contributed by atoms with Crippen molar-refractivity contribution in [3.8, 4) is 0 Å². The van der Waals surface area contributed by atoms with Crippen LogP contribution in [0.2, 0.25) is 0 Å². The van der Waals surface area contributed by atoms with Crippen LogP contribution in [0.15, 0.2) is 12.3 Å². The quantitative estimate of drug-likeness (QED) is 0.672. The van der Waals surface area contributed by atoms with Gasteiger partial charge in [-0.2, -0.15) is 0 Å². The minimum Gasteiger partial charge on any atom is -0.304 e. The fraction of sp³-hybridized carbons (Fsp3) is 0.417. The van der Waals surface area contributed by atoms with Gasteiger partial charge in [0.05, 0.1) is 5.69 Å². The number of aromatic nitrogens is 2. The third-order valence-electron chi connectivity index (χ3n) is 2.99. The lowest BCUT2D eigenvalue weighted by Crippen LogP contribution is -1.95. The van der Waals surface area contributed by atoms with Crippen LogP contribution in [0.4, 0.5) is 0 Å². The SMILES string of the molecule is CCc1cn2c(C)c(C)c(C)cc2n1. The molecule has 14 heavy (non-hydrogen) atoms. The van der Waals surface area contributed by atoms with Gasteiger partial charge >= 0.3 is 0 Å². The van der Waals surface area contributed by atoms with Crippen LogP contribution in [0.3, 0.4) is 0 Å². The van der Waals surface area contributed by atoms with E-state index < -0.39 is 0 Å². The highest BCUT2D eigenvalue weighted by molar-refractivity contribution is 5.48. The van der Waals surface area contributed by atoms with Gasteiger partial charge in [0.25, 0.3) is 0 Å². The molecule has 0 unspecified atom stereocenters. The van der Waals surface area contributed by atoms with E-state index in [2.05, 4.69) is 49.3 Å². The molecular formula is C12H16N2. The van der Waals surface area contributed by atoms with Gasteiger partial charge in [-0.15, -0.1) is 0 Å². The van der Waals surface area contributed by atoms with Crippen LogP contribution in [0.1, 0.15) is 29.4 Å². The molecular weight excluding hydrogens is 172 g/mol. The van der Waals surface area contributed by atoms with E-state index in [4.69, 9.17) is 0 Å². The Morgan fingerprint density at radius 3 is 2.64 bits per heavy atom. The molecule has 2 aromatic rings. The van der Waals surface area contributed by atoms with Crippen molar-refractivity contribution < 1.29 is 0 Å². The molecule has 0 aromatic carbocycles. The van der Waals surface area contributed by atoms with Gasteiger partial charge in [-0.25, -0.2) is 4.98 Å². The molecule has 2 aromatic heterocycles. The number of nitrogens with zero attached hydrogens (tertiary/aromatic N) is 2. The molecule has 2 nitrogen and oxygen atoms in total. The van der Waals surface area contributed by atoms with Crippen LogP contribution in [-0.2, 0) is 6.42 Å². The van der Waals surface area contributed by atoms with Gasteiger partial charge in [0.15, 0.2) is 0 Å². The van der Waals surface area contributed by atoms with Crippen molar-refractivity contribution in [2.45, 2.75) is 34.1 Å². The summed E-state index contributed by atoms with van der Waals surface area (Å²) in [7, 11) is 0. The Hall–Kier alpha value is -1.31. The summed E-state index contributed by atoms with van der Waals surface area (Å²) in [5, 5.41) is 0. The van der Waals surface area contributed by atoms with Crippen molar-refractivity contribution in [3.63, 3.8) is 0 Å². The summed E-state index contributed by atoms with van der Waals surface area (Å²) in [6.45, 7) is 8.59. The normalized spacial score (nSPS) is 11.1. The molecule has 0 atom stereocenters. The van der Waals surface area contributed by atoms with Gasteiger partial charge in [-0.05, 0) is 44.4 Å². The Labute approximate surface area is 84.6 Å². The lowest BCUT2D eigenvalue weighted by atomic mass is 10.1. The zero-order valence-corrected chi connectivity index (χ0v) is 9.26. The van der Waals surface area contributed by atoms with Gasteiger partial charge in [-0.3, -0.25) is 0 Å². The maximum Gasteiger partial charge on any atom is 0.137 e. The van der Waals surface area contributed by atoms with E-state index >= 15 is 0 Å². The first-order chi connectivity index (χ1) is 6.63. The van der Waals surface area contributed by atoms with Gasteiger partial charge in [0.1, 0.15) is 5.65 Å². The second-order valence-corrected chi connectivity index (χ2v) is 3.85. The molecule has 2 rings (SSSR count). The molecule has 0 bridgehead atoms. The fourth-order valence-corrected chi connectivity index (χ4v) is 1.75. The third-order valence-corrected chi connectivity index (χ3v) is 2.99. The minimum absolute atomic E-state index is 0.999. The number of hydrogen-bond acceptors (Lipinski definition) is 1. The average Bonchev–Trinajstić information content (AvgIpc) is 2.57. The van der Waals surface area contributed by atoms with E-state index in [1.165, 1.54) is 16.8 Å². The number of fused-ring (bicyclic) bond motifs is 1. The molecule has 0 fully saturated rings. The van der Waals surface area contributed by atoms with Gasteiger partial charge in [0, 0.05) is 11.9 Å². The van der Waals surface area contributed by atoms with Crippen LogP contribution in [-0.4, -0.2) is 9.38 Å². The topological polar surface area (TPSA) is 17.3 Å². The predicted molar refractivity (Wildman–Crippen MR) is 58.8 cm³/mol. The molecule has 0 radical (unpaired) electrons. The Bertz CT molecular complexity index is 481. The summed E-state index contributed by atoms with van der Waals surface area (Å²) in [5.41, 5.74) is 6.22. The first kappa shape index (κ1) is 9.25.